The Morgan fingerprint density at radius 2 is 1.61 bits per heavy atom. The van der Waals surface area contributed by atoms with E-state index in [9.17, 15) is 5.21 Å². The molecule has 18 heavy (non-hydrogen) atoms. The molecular formula is C15H12N2O. The molecule has 3 rings (SSSR count). The molecule has 2 aromatic rings. The van der Waals surface area contributed by atoms with E-state index in [1.165, 1.54) is 0 Å². The lowest BCUT2D eigenvalue weighted by Gasteiger charge is -2.15. The Morgan fingerprint density at radius 1 is 0.889 bits per heavy atom. The van der Waals surface area contributed by atoms with Crippen LogP contribution in [0.4, 0.5) is 0 Å². The molecule has 0 atom stereocenters. The molecule has 0 fully saturated rings. The molecule has 0 saturated carbocycles. The van der Waals surface area contributed by atoms with Gasteiger partial charge in [-0.1, -0.05) is 48.5 Å². The molecule has 1 aliphatic rings. The van der Waals surface area contributed by atoms with E-state index in [1.807, 2.05) is 54.6 Å². The van der Waals surface area contributed by atoms with Gasteiger partial charge in [-0.2, -0.15) is 0 Å². The van der Waals surface area contributed by atoms with Crippen LogP contribution in [0.5, 0.6) is 0 Å². The van der Waals surface area contributed by atoms with E-state index in [0.29, 0.717) is 0 Å². The standard InChI is InChI=1S/C15H12N2O/c18-17-11-10-16-14-9-5-4-8-13(14)15(17)12-6-2-1-3-7-12/h1-11,18H. The van der Waals surface area contributed by atoms with Crippen molar-refractivity contribution in [2.24, 2.45) is 4.99 Å². The highest BCUT2D eigenvalue weighted by molar-refractivity contribution is 5.63. The normalized spacial score (nSPS) is 13.8. The quantitative estimate of drug-likeness (QED) is 0.817. The molecule has 0 unspecified atom stereocenters. The molecule has 0 bridgehead atoms. The Hall–Kier alpha value is -2.39. The van der Waals surface area contributed by atoms with Gasteiger partial charge in [0.25, 0.3) is 0 Å². The van der Waals surface area contributed by atoms with Gasteiger partial charge in [0.05, 0.1) is 17.3 Å². The van der Waals surface area contributed by atoms with Gasteiger partial charge in [-0.05, 0) is 6.07 Å². The average molecular weight is 236 g/mol. The molecule has 0 spiro atoms. The van der Waals surface area contributed by atoms with Gasteiger partial charge in [0.2, 0.25) is 0 Å². The summed E-state index contributed by atoms with van der Waals surface area (Å²) in [5, 5.41) is 13.0. The summed E-state index contributed by atoms with van der Waals surface area (Å²) >= 11 is 0. The van der Waals surface area contributed by atoms with Gasteiger partial charge in [-0.15, -0.1) is 0 Å². The first-order valence-corrected chi connectivity index (χ1v) is 5.73. The number of hydroxylamine groups is 2. The van der Waals surface area contributed by atoms with Crippen LogP contribution < -0.4 is 10.6 Å². The van der Waals surface area contributed by atoms with Crippen molar-refractivity contribution >= 4 is 5.70 Å². The van der Waals surface area contributed by atoms with Crippen molar-refractivity contribution in [3.05, 3.63) is 83.1 Å². The molecule has 2 aromatic carbocycles. The van der Waals surface area contributed by atoms with Gasteiger partial charge >= 0.3 is 0 Å². The number of para-hydroxylation sites is 1. The minimum Gasteiger partial charge on any atom is -0.284 e. The summed E-state index contributed by atoms with van der Waals surface area (Å²) in [4.78, 5) is 4.31. The molecule has 0 amide bonds. The minimum atomic E-state index is 0.740. The molecule has 88 valence electrons. The third kappa shape index (κ3) is 1.81. The van der Waals surface area contributed by atoms with Crippen molar-refractivity contribution in [2.75, 3.05) is 0 Å². The highest BCUT2D eigenvalue weighted by Crippen LogP contribution is 2.14. The largest absolute Gasteiger partial charge is 0.284 e. The number of benzene rings is 2. The maximum absolute atomic E-state index is 10.1. The SMILES string of the molecule is ON1C=CN=c2ccccc2=C1c1ccccc1. The summed E-state index contributed by atoms with van der Waals surface area (Å²) in [6.07, 6.45) is 3.14. The lowest BCUT2D eigenvalue weighted by atomic mass is 10.1. The molecule has 0 aromatic heterocycles. The number of nitrogens with zero attached hydrogens (tertiary/aromatic N) is 2. The highest BCUT2D eigenvalue weighted by Gasteiger charge is 2.10. The Kier molecular flexibility index (Phi) is 2.67. The van der Waals surface area contributed by atoms with Crippen LogP contribution in [0.25, 0.3) is 5.70 Å². The first-order chi connectivity index (χ1) is 8.86. The summed E-state index contributed by atoms with van der Waals surface area (Å²) in [6, 6.07) is 17.5. The maximum Gasteiger partial charge on any atom is 0.0852 e. The predicted molar refractivity (Wildman–Crippen MR) is 68.9 cm³/mol. The van der Waals surface area contributed by atoms with Crippen LogP contribution in [0.3, 0.4) is 0 Å². The Morgan fingerprint density at radius 3 is 2.44 bits per heavy atom. The zero-order valence-electron chi connectivity index (χ0n) is 9.69. The van der Waals surface area contributed by atoms with E-state index in [1.54, 1.807) is 12.4 Å². The maximum atomic E-state index is 10.1. The van der Waals surface area contributed by atoms with Crippen molar-refractivity contribution in [2.45, 2.75) is 0 Å². The summed E-state index contributed by atoms with van der Waals surface area (Å²) < 4.78 is 0. The highest BCUT2D eigenvalue weighted by atomic mass is 16.5. The van der Waals surface area contributed by atoms with E-state index in [4.69, 9.17) is 0 Å². The smallest absolute Gasteiger partial charge is 0.0852 e. The third-order valence-electron chi connectivity index (χ3n) is 2.86. The van der Waals surface area contributed by atoms with Gasteiger partial charge in [0.1, 0.15) is 0 Å². The molecule has 0 radical (unpaired) electrons. The van der Waals surface area contributed by atoms with E-state index >= 15 is 0 Å². The van der Waals surface area contributed by atoms with Crippen LogP contribution in [0.2, 0.25) is 0 Å². The second-order valence-corrected chi connectivity index (χ2v) is 4.00. The lowest BCUT2D eigenvalue weighted by Crippen LogP contribution is -2.30. The van der Waals surface area contributed by atoms with Crippen LogP contribution >= 0.6 is 0 Å². The Bertz CT molecular complexity index is 705. The van der Waals surface area contributed by atoms with Crippen molar-refractivity contribution in [3.63, 3.8) is 0 Å². The molecule has 0 aliphatic carbocycles. The van der Waals surface area contributed by atoms with Crippen LogP contribution in [-0.2, 0) is 0 Å². The van der Waals surface area contributed by atoms with Crippen LogP contribution in [0.15, 0.2) is 72.0 Å². The Balaban J connectivity index is 2.40. The molecule has 0 saturated heterocycles. The summed E-state index contributed by atoms with van der Waals surface area (Å²) in [6.45, 7) is 0. The van der Waals surface area contributed by atoms with Crippen molar-refractivity contribution in [1.82, 2.24) is 5.06 Å². The second kappa shape index (κ2) is 4.47. The van der Waals surface area contributed by atoms with Gasteiger partial charge < -0.3 is 0 Å². The fourth-order valence-corrected chi connectivity index (χ4v) is 2.04. The van der Waals surface area contributed by atoms with Crippen LogP contribution in [-0.4, -0.2) is 10.3 Å². The number of fused-ring (bicyclic) bond motifs is 1. The molecule has 3 nitrogen and oxygen atoms in total. The first kappa shape index (κ1) is 10.7. The summed E-state index contributed by atoms with van der Waals surface area (Å²) in [7, 11) is 0. The van der Waals surface area contributed by atoms with Crippen molar-refractivity contribution in [3.8, 4) is 0 Å². The monoisotopic (exact) mass is 236 g/mol. The van der Waals surface area contributed by atoms with Crippen molar-refractivity contribution in [1.29, 1.82) is 0 Å². The molecule has 3 heteroatoms. The van der Waals surface area contributed by atoms with Gasteiger partial charge in [-0.3, -0.25) is 10.2 Å². The van der Waals surface area contributed by atoms with Crippen molar-refractivity contribution < 1.29 is 5.21 Å². The van der Waals surface area contributed by atoms with Crippen LogP contribution in [0, 0.1) is 0 Å². The molecule has 1 N–H and O–H groups in total. The van der Waals surface area contributed by atoms with Gasteiger partial charge in [-0.25, -0.2) is 5.06 Å². The van der Waals surface area contributed by atoms with E-state index in [0.717, 1.165) is 26.9 Å². The van der Waals surface area contributed by atoms with Gasteiger partial charge in [0.15, 0.2) is 0 Å². The zero-order valence-corrected chi connectivity index (χ0v) is 9.69. The summed E-state index contributed by atoms with van der Waals surface area (Å²) in [5.74, 6) is 0. The van der Waals surface area contributed by atoms with E-state index in [-0.39, 0.29) is 0 Å². The number of hydrogen-bond donors (Lipinski definition) is 1. The van der Waals surface area contributed by atoms with E-state index in [2.05, 4.69) is 4.99 Å². The van der Waals surface area contributed by atoms with E-state index < -0.39 is 0 Å². The van der Waals surface area contributed by atoms with Gasteiger partial charge in [0, 0.05) is 17.0 Å². The Labute approximate surface area is 105 Å². The average Bonchev–Trinajstić information content (AvgIpc) is 2.58. The predicted octanol–water partition coefficient (Wildman–Crippen LogP) is 1.64. The molecule has 1 aliphatic heterocycles. The fourth-order valence-electron chi connectivity index (χ4n) is 2.04. The zero-order chi connectivity index (χ0) is 12.4. The fraction of sp³-hybridized carbons (Fsp3) is 0. The molecular weight excluding hydrogens is 224 g/mol. The summed E-state index contributed by atoms with van der Waals surface area (Å²) in [5.41, 5.74) is 1.69. The molecule has 1 heterocycles. The first-order valence-electron chi connectivity index (χ1n) is 5.73. The number of hydrogen-bond acceptors (Lipinski definition) is 3. The lowest BCUT2D eigenvalue weighted by molar-refractivity contribution is 0.0242. The number of rotatable bonds is 1. The van der Waals surface area contributed by atoms with Crippen LogP contribution in [0.1, 0.15) is 5.56 Å². The topological polar surface area (TPSA) is 35.8 Å². The third-order valence-corrected chi connectivity index (χ3v) is 2.86. The minimum absolute atomic E-state index is 0.740. The second-order valence-electron chi connectivity index (χ2n) is 4.00.